The van der Waals surface area contributed by atoms with Gasteiger partial charge < -0.3 is 15.3 Å². The summed E-state index contributed by atoms with van der Waals surface area (Å²) in [7, 11) is 0. The molecule has 12 heteroatoms. The van der Waals surface area contributed by atoms with E-state index < -0.39 is 15.3 Å². The van der Waals surface area contributed by atoms with Crippen LogP contribution in [0.2, 0.25) is 0 Å². The van der Waals surface area contributed by atoms with Gasteiger partial charge in [0.15, 0.2) is 0 Å². The smallest absolute Gasteiger partial charge is 0.294 e. The standard InChI is InChI=1S/C5H11NO3.2HNO3/c1-5(2)3-4-9-6(7)8;2*2-1(3)4/h5H,3-4H2,1-2H3;2*(H,2,3,4). The van der Waals surface area contributed by atoms with Crippen LogP contribution >= 0.6 is 0 Å². The van der Waals surface area contributed by atoms with Crippen molar-refractivity contribution >= 4 is 0 Å². The highest BCUT2D eigenvalue weighted by atomic mass is 16.9. The van der Waals surface area contributed by atoms with E-state index in [1.165, 1.54) is 0 Å². The second kappa shape index (κ2) is 13.6. The number of hydrogen-bond acceptors (Lipinski definition) is 7. The highest BCUT2D eigenvalue weighted by Crippen LogP contribution is 1.98. The van der Waals surface area contributed by atoms with Crippen LogP contribution in [-0.4, -0.2) is 32.3 Å². The maximum Gasteiger partial charge on any atom is 0.294 e. The Morgan fingerprint density at radius 3 is 1.53 bits per heavy atom. The summed E-state index contributed by atoms with van der Waals surface area (Å²) < 4.78 is 0. The van der Waals surface area contributed by atoms with Gasteiger partial charge in [0.1, 0.15) is 0 Å². The van der Waals surface area contributed by atoms with Gasteiger partial charge in [-0.15, -0.1) is 30.3 Å². The maximum absolute atomic E-state index is 9.56. The molecule has 0 saturated carbocycles. The van der Waals surface area contributed by atoms with E-state index in [0.29, 0.717) is 5.92 Å². The largest absolute Gasteiger partial charge is 0.328 e. The molecule has 12 nitrogen and oxygen atoms in total. The van der Waals surface area contributed by atoms with Gasteiger partial charge in [-0.2, -0.15) is 0 Å². The van der Waals surface area contributed by atoms with E-state index in [9.17, 15) is 10.1 Å². The van der Waals surface area contributed by atoms with Gasteiger partial charge in [0, 0.05) is 0 Å². The summed E-state index contributed by atoms with van der Waals surface area (Å²) in [6.07, 6.45) is 0.737. The van der Waals surface area contributed by atoms with Crippen LogP contribution in [0.25, 0.3) is 0 Å². The quantitative estimate of drug-likeness (QED) is 0.537. The van der Waals surface area contributed by atoms with Crippen LogP contribution in [0.4, 0.5) is 0 Å². The molecule has 0 aliphatic rings. The van der Waals surface area contributed by atoms with Crippen LogP contribution in [0.3, 0.4) is 0 Å². The Morgan fingerprint density at radius 1 is 1.06 bits per heavy atom. The van der Waals surface area contributed by atoms with Crippen molar-refractivity contribution in [2.45, 2.75) is 20.3 Å². The molecule has 0 rings (SSSR count). The Bertz CT molecular complexity index is 211. The fourth-order valence-electron chi connectivity index (χ4n) is 0.363. The number of nitrogens with zero attached hydrogens (tertiary/aromatic N) is 3. The second-order valence-corrected chi connectivity index (χ2v) is 2.72. The number of rotatable bonds is 4. The number of hydrogen-bond donors (Lipinski definition) is 2. The molecular formula is C5H13N3O9. The third kappa shape index (κ3) is 141. The van der Waals surface area contributed by atoms with E-state index in [1.807, 2.05) is 13.8 Å². The average Bonchev–Trinajstić information content (AvgIpc) is 1.99. The molecule has 0 amide bonds. The fourth-order valence-corrected chi connectivity index (χ4v) is 0.363. The van der Waals surface area contributed by atoms with E-state index >= 15 is 0 Å². The average molecular weight is 259 g/mol. The Balaban J connectivity index is -0.000000205. The molecule has 0 aromatic heterocycles. The van der Waals surface area contributed by atoms with Gasteiger partial charge in [-0.1, -0.05) is 13.8 Å². The first-order valence-corrected chi connectivity index (χ1v) is 4.03. The van der Waals surface area contributed by atoms with Crippen molar-refractivity contribution in [1.82, 2.24) is 0 Å². The van der Waals surface area contributed by atoms with Gasteiger partial charge in [-0.05, 0) is 12.3 Å². The summed E-state index contributed by atoms with van der Waals surface area (Å²) >= 11 is 0. The molecule has 0 radical (unpaired) electrons. The van der Waals surface area contributed by atoms with Crippen LogP contribution in [0.15, 0.2) is 0 Å². The Hall–Kier alpha value is -2.40. The Kier molecular flexibility index (Phi) is 16.1. The molecule has 0 aliphatic carbocycles. The minimum atomic E-state index is -1.50. The predicted molar refractivity (Wildman–Crippen MR) is 50.0 cm³/mol. The first-order valence-electron chi connectivity index (χ1n) is 4.03. The van der Waals surface area contributed by atoms with E-state index in [1.54, 1.807) is 0 Å². The molecule has 0 unspecified atom stereocenters. The third-order valence-electron chi connectivity index (χ3n) is 0.892. The van der Waals surface area contributed by atoms with Gasteiger partial charge in [0.2, 0.25) is 0 Å². The van der Waals surface area contributed by atoms with Crippen LogP contribution in [-0.2, 0) is 4.84 Å². The van der Waals surface area contributed by atoms with Crippen LogP contribution in [0.1, 0.15) is 20.3 Å². The van der Waals surface area contributed by atoms with E-state index in [4.69, 9.17) is 30.6 Å². The minimum absolute atomic E-state index is 0.213. The summed E-state index contributed by atoms with van der Waals surface area (Å²) in [6, 6.07) is 0. The van der Waals surface area contributed by atoms with Crippen molar-refractivity contribution in [3.8, 4) is 0 Å². The highest BCUT2D eigenvalue weighted by Gasteiger charge is 1.96. The first-order chi connectivity index (χ1) is 7.59. The highest BCUT2D eigenvalue weighted by molar-refractivity contribution is 4.39. The van der Waals surface area contributed by atoms with Crippen LogP contribution < -0.4 is 0 Å². The lowest BCUT2D eigenvalue weighted by molar-refractivity contribution is -0.758. The van der Waals surface area contributed by atoms with E-state index in [-0.39, 0.29) is 6.61 Å². The van der Waals surface area contributed by atoms with Crippen molar-refractivity contribution < 1.29 is 30.5 Å². The van der Waals surface area contributed by atoms with E-state index in [0.717, 1.165) is 6.42 Å². The molecule has 0 atom stereocenters. The predicted octanol–water partition coefficient (Wildman–Crippen LogP) is 0.545. The molecule has 17 heavy (non-hydrogen) atoms. The Morgan fingerprint density at radius 2 is 1.35 bits per heavy atom. The maximum atomic E-state index is 9.56. The molecule has 0 fully saturated rings. The molecule has 2 N–H and O–H groups in total. The summed E-state index contributed by atoms with van der Waals surface area (Å²) in [6.45, 7) is 4.19. The zero-order chi connectivity index (χ0) is 14.4. The molecule has 102 valence electrons. The summed E-state index contributed by atoms with van der Waals surface area (Å²) in [4.78, 5) is 30.4. The molecule has 0 aliphatic heterocycles. The molecule has 0 aromatic rings. The zero-order valence-corrected chi connectivity index (χ0v) is 9.09. The lowest BCUT2D eigenvalue weighted by atomic mass is 10.1. The molecule has 0 heterocycles. The third-order valence-corrected chi connectivity index (χ3v) is 0.892. The van der Waals surface area contributed by atoms with Crippen LogP contribution in [0, 0.1) is 36.3 Å². The van der Waals surface area contributed by atoms with Gasteiger partial charge >= 0.3 is 0 Å². The topological polar surface area (TPSA) is 179 Å². The van der Waals surface area contributed by atoms with Crippen molar-refractivity contribution in [3.05, 3.63) is 30.3 Å². The normalized spacial score (nSPS) is 7.94. The van der Waals surface area contributed by atoms with Crippen molar-refractivity contribution in [2.24, 2.45) is 5.92 Å². The van der Waals surface area contributed by atoms with Crippen molar-refractivity contribution in [2.75, 3.05) is 6.61 Å². The minimum Gasteiger partial charge on any atom is -0.328 e. The summed E-state index contributed by atoms with van der Waals surface area (Å²) in [5.74, 6) is 0.463. The Labute approximate surface area is 94.7 Å². The molecule has 0 bridgehead atoms. The van der Waals surface area contributed by atoms with Gasteiger partial charge in [0.05, 0.1) is 6.61 Å². The summed E-state index contributed by atoms with van der Waals surface area (Å²) in [5.41, 5.74) is 0. The SMILES string of the molecule is CC(C)CCO[N+](=O)[O-].O=[N+]([O-])O.O=[N+]([O-])O. The van der Waals surface area contributed by atoms with Crippen LogP contribution in [0.5, 0.6) is 0 Å². The molecule has 0 saturated heterocycles. The molecule has 0 spiro atoms. The first kappa shape index (κ1) is 20.1. The zero-order valence-electron chi connectivity index (χ0n) is 9.09. The molecule has 0 aromatic carbocycles. The van der Waals surface area contributed by atoms with E-state index in [2.05, 4.69) is 4.84 Å². The summed E-state index contributed by atoms with van der Waals surface area (Å²) in [5, 5.41) is 36.1. The monoisotopic (exact) mass is 259 g/mol. The fraction of sp³-hybridized carbons (Fsp3) is 1.00. The van der Waals surface area contributed by atoms with Crippen molar-refractivity contribution in [3.63, 3.8) is 0 Å². The van der Waals surface area contributed by atoms with Gasteiger partial charge in [-0.3, -0.25) is 0 Å². The lowest BCUT2D eigenvalue weighted by Crippen LogP contribution is -2.04. The molecular weight excluding hydrogens is 246 g/mol. The van der Waals surface area contributed by atoms with Gasteiger partial charge in [-0.25, -0.2) is 0 Å². The van der Waals surface area contributed by atoms with Crippen molar-refractivity contribution in [1.29, 1.82) is 0 Å². The second-order valence-electron chi connectivity index (χ2n) is 2.72. The lowest BCUT2D eigenvalue weighted by Gasteiger charge is -2.00. The van der Waals surface area contributed by atoms with Gasteiger partial charge in [0.25, 0.3) is 15.3 Å².